The van der Waals surface area contributed by atoms with Gasteiger partial charge in [-0.2, -0.15) is 0 Å². The van der Waals surface area contributed by atoms with Crippen molar-refractivity contribution in [3.8, 4) is 0 Å². The van der Waals surface area contributed by atoms with Crippen molar-refractivity contribution in [1.29, 1.82) is 0 Å². The molecule has 0 aliphatic carbocycles. The number of aryl methyl sites for hydroxylation is 1. The summed E-state index contributed by atoms with van der Waals surface area (Å²) in [6.07, 6.45) is 0. The first-order chi connectivity index (χ1) is 9.65. The van der Waals surface area contributed by atoms with Gasteiger partial charge < -0.3 is 10.6 Å². The van der Waals surface area contributed by atoms with E-state index in [0.29, 0.717) is 6.54 Å². The van der Waals surface area contributed by atoms with Gasteiger partial charge in [-0.05, 0) is 36.2 Å². The summed E-state index contributed by atoms with van der Waals surface area (Å²) in [4.78, 5) is 12.3. The Bertz CT molecular complexity index is 669. The van der Waals surface area contributed by atoms with Gasteiger partial charge in [0.1, 0.15) is 5.82 Å². The van der Waals surface area contributed by atoms with Crippen LogP contribution in [0.4, 0.5) is 15.8 Å². The van der Waals surface area contributed by atoms with Gasteiger partial charge in [0.05, 0.1) is 11.6 Å². The van der Waals surface area contributed by atoms with Crippen molar-refractivity contribution >= 4 is 17.3 Å². The lowest BCUT2D eigenvalue weighted by atomic mass is 10.0. The Morgan fingerprint density at radius 3 is 2.95 bits per heavy atom. The van der Waals surface area contributed by atoms with Crippen molar-refractivity contribution in [2.75, 3.05) is 17.2 Å². The monoisotopic (exact) mass is 270 g/mol. The molecule has 1 atom stereocenters. The summed E-state index contributed by atoms with van der Waals surface area (Å²) in [5, 5.41) is 5.87. The van der Waals surface area contributed by atoms with E-state index >= 15 is 0 Å². The molecule has 0 saturated heterocycles. The van der Waals surface area contributed by atoms with E-state index in [1.807, 2.05) is 31.2 Å². The number of anilines is 2. The topological polar surface area (TPSA) is 41.1 Å². The third kappa shape index (κ3) is 2.25. The standard InChI is InChI=1S/C16H15FN2O/c1-10-6-7-13(17)15(8-10)19-16(20)12-9-18-14-5-3-2-4-11(12)14/h2-8,12,18H,9H2,1H3,(H,19,20). The maximum atomic E-state index is 13.7. The third-order valence-corrected chi connectivity index (χ3v) is 3.53. The van der Waals surface area contributed by atoms with Crippen LogP contribution in [0, 0.1) is 12.7 Å². The van der Waals surface area contributed by atoms with Crippen LogP contribution in [0.1, 0.15) is 17.0 Å². The summed E-state index contributed by atoms with van der Waals surface area (Å²) >= 11 is 0. The Morgan fingerprint density at radius 1 is 1.30 bits per heavy atom. The molecule has 102 valence electrons. The van der Waals surface area contributed by atoms with Crippen LogP contribution in [0.5, 0.6) is 0 Å². The maximum Gasteiger partial charge on any atom is 0.233 e. The fourth-order valence-corrected chi connectivity index (χ4v) is 2.47. The van der Waals surface area contributed by atoms with Crippen LogP contribution in [-0.2, 0) is 4.79 Å². The molecule has 1 unspecified atom stereocenters. The summed E-state index contributed by atoms with van der Waals surface area (Å²) in [7, 11) is 0. The highest BCUT2D eigenvalue weighted by molar-refractivity contribution is 5.98. The number of halogens is 1. The molecule has 3 rings (SSSR count). The number of fused-ring (bicyclic) bond motifs is 1. The van der Waals surface area contributed by atoms with Gasteiger partial charge in [0.2, 0.25) is 5.91 Å². The molecular formula is C16H15FN2O. The molecule has 2 N–H and O–H groups in total. The lowest BCUT2D eigenvalue weighted by molar-refractivity contribution is -0.117. The quantitative estimate of drug-likeness (QED) is 0.879. The Morgan fingerprint density at radius 2 is 2.10 bits per heavy atom. The average molecular weight is 270 g/mol. The average Bonchev–Trinajstić information content (AvgIpc) is 2.87. The van der Waals surface area contributed by atoms with E-state index in [2.05, 4.69) is 10.6 Å². The molecule has 0 aromatic heterocycles. The highest BCUT2D eigenvalue weighted by Crippen LogP contribution is 2.32. The molecule has 1 heterocycles. The fourth-order valence-electron chi connectivity index (χ4n) is 2.47. The molecular weight excluding hydrogens is 255 g/mol. The van der Waals surface area contributed by atoms with Crippen molar-refractivity contribution in [3.05, 3.63) is 59.4 Å². The molecule has 3 nitrogen and oxygen atoms in total. The molecule has 20 heavy (non-hydrogen) atoms. The van der Waals surface area contributed by atoms with E-state index in [1.165, 1.54) is 6.07 Å². The van der Waals surface area contributed by atoms with Gasteiger partial charge >= 0.3 is 0 Å². The van der Waals surface area contributed by atoms with Gasteiger partial charge in [-0.25, -0.2) is 4.39 Å². The number of hydrogen-bond acceptors (Lipinski definition) is 2. The van der Waals surface area contributed by atoms with Crippen LogP contribution >= 0.6 is 0 Å². The van der Waals surface area contributed by atoms with Crippen LogP contribution in [-0.4, -0.2) is 12.5 Å². The third-order valence-electron chi connectivity index (χ3n) is 3.53. The number of rotatable bonds is 2. The van der Waals surface area contributed by atoms with E-state index in [-0.39, 0.29) is 17.5 Å². The zero-order chi connectivity index (χ0) is 14.1. The van der Waals surface area contributed by atoms with Gasteiger partial charge in [-0.15, -0.1) is 0 Å². The number of carbonyl (C=O) groups excluding carboxylic acids is 1. The zero-order valence-electron chi connectivity index (χ0n) is 11.1. The second-order valence-corrected chi connectivity index (χ2v) is 4.99. The molecule has 2 aromatic rings. The summed E-state index contributed by atoms with van der Waals surface area (Å²) in [6, 6.07) is 12.4. The normalized spacial score (nSPS) is 16.4. The Balaban J connectivity index is 1.83. The van der Waals surface area contributed by atoms with Crippen LogP contribution in [0.2, 0.25) is 0 Å². The fraction of sp³-hybridized carbons (Fsp3) is 0.188. The molecule has 0 bridgehead atoms. The Labute approximate surface area is 116 Å². The van der Waals surface area contributed by atoms with Crippen molar-refractivity contribution in [2.24, 2.45) is 0 Å². The predicted molar refractivity (Wildman–Crippen MR) is 77.4 cm³/mol. The lowest BCUT2D eigenvalue weighted by Gasteiger charge is -2.12. The predicted octanol–water partition coefficient (Wildman–Crippen LogP) is 3.28. The second-order valence-electron chi connectivity index (χ2n) is 4.99. The molecule has 1 amide bonds. The first-order valence-corrected chi connectivity index (χ1v) is 6.55. The molecule has 0 spiro atoms. The minimum Gasteiger partial charge on any atom is -0.384 e. The SMILES string of the molecule is Cc1ccc(F)c(NC(=O)C2CNc3ccccc32)c1. The van der Waals surface area contributed by atoms with Gasteiger partial charge in [0.25, 0.3) is 0 Å². The van der Waals surface area contributed by atoms with Crippen molar-refractivity contribution in [1.82, 2.24) is 0 Å². The number of carbonyl (C=O) groups is 1. The van der Waals surface area contributed by atoms with Crippen LogP contribution in [0.25, 0.3) is 0 Å². The molecule has 1 aliphatic rings. The largest absolute Gasteiger partial charge is 0.384 e. The number of nitrogens with one attached hydrogen (secondary N) is 2. The highest BCUT2D eigenvalue weighted by atomic mass is 19.1. The van der Waals surface area contributed by atoms with E-state index in [4.69, 9.17) is 0 Å². The second kappa shape index (κ2) is 4.96. The van der Waals surface area contributed by atoms with Crippen LogP contribution < -0.4 is 10.6 Å². The Hall–Kier alpha value is -2.36. The first-order valence-electron chi connectivity index (χ1n) is 6.55. The van der Waals surface area contributed by atoms with E-state index < -0.39 is 5.82 Å². The van der Waals surface area contributed by atoms with Crippen molar-refractivity contribution < 1.29 is 9.18 Å². The number of amides is 1. The molecule has 2 aromatic carbocycles. The first kappa shape index (κ1) is 12.7. The van der Waals surface area contributed by atoms with Gasteiger partial charge in [0.15, 0.2) is 0 Å². The number of benzene rings is 2. The van der Waals surface area contributed by atoms with E-state index in [0.717, 1.165) is 16.8 Å². The van der Waals surface area contributed by atoms with Crippen LogP contribution in [0.3, 0.4) is 0 Å². The Kier molecular flexibility index (Phi) is 3.14. The van der Waals surface area contributed by atoms with E-state index in [9.17, 15) is 9.18 Å². The van der Waals surface area contributed by atoms with Crippen molar-refractivity contribution in [2.45, 2.75) is 12.8 Å². The lowest BCUT2D eigenvalue weighted by Crippen LogP contribution is -2.23. The van der Waals surface area contributed by atoms with Crippen molar-refractivity contribution in [3.63, 3.8) is 0 Å². The summed E-state index contributed by atoms with van der Waals surface area (Å²) < 4.78 is 13.7. The minimum atomic E-state index is -0.414. The molecule has 4 heteroatoms. The zero-order valence-corrected chi connectivity index (χ0v) is 11.1. The van der Waals surface area contributed by atoms with E-state index in [1.54, 1.807) is 12.1 Å². The van der Waals surface area contributed by atoms with Crippen LogP contribution in [0.15, 0.2) is 42.5 Å². The smallest absolute Gasteiger partial charge is 0.233 e. The summed E-state index contributed by atoms with van der Waals surface area (Å²) in [5.41, 5.74) is 3.07. The highest BCUT2D eigenvalue weighted by Gasteiger charge is 2.28. The maximum absolute atomic E-state index is 13.7. The van der Waals surface area contributed by atoms with Gasteiger partial charge in [-0.1, -0.05) is 24.3 Å². The summed E-state index contributed by atoms with van der Waals surface area (Å²) in [5.74, 6) is -0.888. The molecule has 0 fully saturated rings. The summed E-state index contributed by atoms with van der Waals surface area (Å²) in [6.45, 7) is 2.40. The number of hydrogen-bond donors (Lipinski definition) is 2. The molecule has 1 aliphatic heterocycles. The molecule has 0 radical (unpaired) electrons. The van der Waals surface area contributed by atoms with Gasteiger partial charge in [0, 0.05) is 12.2 Å². The number of para-hydroxylation sites is 1. The van der Waals surface area contributed by atoms with Gasteiger partial charge in [-0.3, -0.25) is 4.79 Å². The molecule has 0 saturated carbocycles. The minimum absolute atomic E-state index is 0.188.